The number of hydrogen-bond acceptors (Lipinski definition) is 4. The van der Waals surface area contributed by atoms with Gasteiger partial charge in [0.05, 0.1) is 12.7 Å². The van der Waals surface area contributed by atoms with Crippen molar-refractivity contribution in [1.82, 2.24) is 4.98 Å². The van der Waals surface area contributed by atoms with Gasteiger partial charge < -0.3 is 15.2 Å². The second-order valence-electron chi connectivity index (χ2n) is 4.08. The highest BCUT2D eigenvalue weighted by atomic mass is 19.1. The van der Waals surface area contributed by atoms with Gasteiger partial charge in [-0.25, -0.2) is 18.6 Å². The van der Waals surface area contributed by atoms with Crippen molar-refractivity contribution in [2.75, 3.05) is 18.5 Å². The largest absolute Gasteiger partial charge is 0.492 e. The number of nitrogens with one attached hydrogen (secondary N) is 1. The van der Waals surface area contributed by atoms with E-state index in [0.29, 0.717) is 5.75 Å². The lowest BCUT2D eigenvalue weighted by molar-refractivity contribution is 0.0697. The van der Waals surface area contributed by atoms with Crippen molar-refractivity contribution in [2.24, 2.45) is 0 Å². The minimum absolute atomic E-state index is 0.0617. The van der Waals surface area contributed by atoms with Crippen LogP contribution in [-0.4, -0.2) is 29.2 Å². The molecule has 0 saturated heterocycles. The topological polar surface area (TPSA) is 71.5 Å². The van der Waals surface area contributed by atoms with E-state index in [2.05, 4.69) is 10.3 Å². The first-order valence-electron chi connectivity index (χ1n) is 6.07. The van der Waals surface area contributed by atoms with E-state index in [-0.39, 0.29) is 30.4 Å². The molecular weight excluding hydrogens is 282 g/mol. The molecule has 0 aliphatic carbocycles. The van der Waals surface area contributed by atoms with Crippen molar-refractivity contribution in [2.45, 2.75) is 0 Å². The first-order valence-corrected chi connectivity index (χ1v) is 6.07. The van der Waals surface area contributed by atoms with Gasteiger partial charge in [0.15, 0.2) is 0 Å². The van der Waals surface area contributed by atoms with Crippen molar-refractivity contribution in [1.29, 1.82) is 0 Å². The smallest absolute Gasteiger partial charge is 0.339 e. The molecule has 0 amide bonds. The van der Waals surface area contributed by atoms with Gasteiger partial charge in [-0.2, -0.15) is 0 Å². The number of rotatable bonds is 6. The molecule has 7 heteroatoms. The van der Waals surface area contributed by atoms with Crippen molar-refractivity contribution in [3.05, 3.63) is 53.7 Å². The summed E-state index contributed by atoms with van der Waals surface area (Å²) in [5.74, 6) is -1.80. The number of aromatic nitrogens is 1. The van der Waals surface area contributed by atoms with E-state index in [1.807, 2.05) is 0 Å². The molecule has 1 aromatic carbocycles. The lowest BCUT2D eigenvalue weighted by atomic mass is 10.2. The average Bonchev–Trinajstić information content (AvgIpc) is 2.46. The van der Waals surface area contributed by atoms with E-state index in [0.717, 1.165) is 12.3 Å². The van der Waals surface area contributed by atoms with Gasteiger partial charge in [-0.15, -0.1) is 0 Å². The summed E-state index contributed by atoms with van der Waals surface area (Å²) in [7, 11) is 0. The summed E-state index contributed by atoms with van der Waals surface area (Å²) in [6, 6.07) is 6.39. The van der Waals surface area contributed by atoms with Gasteiger partial charge in [-0.3, -0.25) is 0 Å². The summed E-state index contributed by atoms with van der Waals surface area (Å²) in [6.45, 7) is 0.472. The van der Waals surface area contributed by atoms with Crippen molar-refractivity contribution >= 4 is 11.8 Å². The van der Waals surface area contributed by atoms with Crippen LogP contribution in [0.4, 0.5) is 14.6 Å². The molecular formula is C14H12F2N2O3. The molecule has 2 N–H and O–H groups in total. The standard InChI is InChI=1S/C14H12F2N2O3/c15-9-1-3-11(4-2-9)21-6-5-17-13-12(14(19)20)7-10(16)8-18-13/h1-4,7-8H,5-6H2,(H,17,18)(H,19,20). The first-order chi connectivity index (χ1) is 10.1. The molecule has 0 fully saturated rings. The fourth-order valence-corrected chi connectivity index (χ4v) is 1.61. The zero-order chi connectivity index (χ0) is 15.2. The number of benzene rings is 1. The van der Waals surface area contributed by atoms with E-state index in [4.69, 9.17) is 9.84 Å². The Kier molecular flexibility index (Phi) is 4.65. The minimum Gasteiger partial charge on any atom is -0.492 e. The molecule has 1 heterocycles. The zero-order valence-electron chi connectivity index (χ0n) is 10.8. The summed E-state index contributed by atoms with van der Waals surface area (Å²) < 4.78 is 31.0. The molecule has 0 aliphatic rings. The van der Waals surface area contributed by atoms with Crippen LogP contribution in [0.2, 0.25) is 0 Å². The van der Waals surface area contributed by atoms with E-state index in [1.165, 1.54) is 24.3 Å². The number of aromatic carboxylic acids is 1. The van der Waals surface area contributed by atoms with Crippen LogP contribution in [-0.2, 0) is 0 Å². The Morgan fingerprint density at radius 3 is 2.62 bits per heavy atom. The van der Waals surface area contributed by atoms with Crippen molar-refractivity contribution < 1.29 is 23.4 Å². The maximum absolute atomic E-state index is 12.9. The number of hydrogen-bond donors (Lipinski definition) is 2. The summed E-state index contributed by atoms with van der Waals surface area (Å²) in [5, 5.41) is 11.7. The summed E-state index contributed by atoms with van der Waals surface area (Å²) in [4.78, 5) is 14.6. The SMILES string of the molecule is O=C(O)c1cc(F)cnc1NCCOc1ccc(F)cc1. The van der Waals surface area contributed by atoms with Gasteiger partial charge in [-0.05, 0) is 30.3 Å². The maximum Gasteiger partial charge on any atom is 0.339 e. The lowest BCUT2D eigenvalue weighted by Gasteiger charge is -2.09. The van der Waals surface area contributed by atoms with Crippen LogP contribution in [0, 0.1) is 11.6 Å². The van der Waals surface area contributed by atoms with Crippen LogP contribution in [0.5, 0.6) is 5.75 Å². The van der Waals surface area contributed by atoms with Crippen molar-refractivity contribution in [3.8, 4) is 5.75 Å². The molecule has 0 atom stereocenters. The number of carboxylic acid groups (broad SMARTS) is 1. The molecule has 0 saturated carbocycles. The van der Waals surface area contributed by atoms with E-state index >= 15 is 0 Å². The van der Waals surface area contributed by atoms with Gasteiger partial charge in [0.25, 0.3) is 0 Å². The summed E-state index contributed by atoms with van der Waals surface area (Å²) in [6.07, 6.45) is 0.926. The second kappa shape index (κ2) is 6.65. The molecule has 0 unspecified atom stereocenters. The number of ether oxygens (including phenoxy) is 1. The predicted molar refractivity (Wildman–Crippen MR) is 71.5 cm³/mol. The normalized spacial score (nSPS) is 10.2. The third-order valence-corrected chi connectivity index (χ3v) is 2.56. The van der Waals surface area contributed by atoms with Crippen LogP contribution >= 0.6 is 0 Å². The summed E-state index contributed by atoms with van der Waals surface area (Å²) in [5.41, 5.74) is -0.253. The Bertz CT molecular complexity index is 633. The fraction of sp³-hybridized carbons (Fsp3) is 0.143. The molecule has 0 radical (unpaired) electrons. The predicted octanol–water partition coefficient (Wildman–Crippen LogP) is 2.55. The van der Waals surface area contributed by atoms with E-state index in [1.54, 1.807) is 0 Å². The van der Waals surface area contributed by atoms with Gasteiger partial charge >= 0.3 is 5.97 Å². The van der Waals surface area contributed by atoms with Gasteiger partial charge in [0, 0.05) is 0 Å². The zero-order valence-corrected chi connectivity index (χ0v) is 10.8. The minimum atomic E-state index is -1.27. The van der Waals surface area contributed by atoms with E-state index in [9.17, 15) is 13.6 Å². The molecule has 2 aromatic rings. The Morgan fingerprint density at radius 1 is 1.24 bits per heavy atom. The maximum atomic E-state index is 12.9. The monoisotopic (exact) mass is 294 g/mol. The number of carbonyl (C=O) groups is 1. The lowest BCUT2D eigenvalue weighted by Crippen LogP contribution is -2.15. The fourth-order valence-electron chi connectivity index (χ4n) is 1.61. The van der Waals surface area contributed by atoms with Gasteiger partial charge in [0.1, 0.15) is 35.4 Å². The number of pyridine rings is 1. The van der Waals surface area contributed by atoms with Crippen LogP contribution in [0.25, 0.3) is 0 Å². The average molecular weight is 294 g/mol. The molecule has 0 aliphatic heterocycles. The molecule has 1 aromatic heterocycles. The highest BCUT2D eigenvalue weighted by molar-refractivity contribution is 5.93. The highest BCUT2D eigenvalue weighted by Crippen LogP contribution is 2.14. The third kappa shape index (κ3) is 4.13. The molecule has 0 spiro atoms. The Labute approximate surface area is 119 Å². The Morgan fingerprint density at radius 2 is 1.95 bits per heavy atom. The van der Waals surface area contributed by atoms with Gasteiger partial charge in [-0.1, -0.05) is 0 Å². The van der Waals surface area contributed by atoms with E-state index < -0.39 is 11.8 Å². The molecule has 5 nitrogen and oxygen atoms in total. The quantitative estimate of drug-likeness (QED) is 0.801. The first kappa shape index (κ1) is 14.7. The number of nitrogens with zero attached hydrogens (tertiary/aromatic N) is 1. The Balaban J connectivity index is 1.89. The molecule has 2 rings (SSSR count). The number of halogens is 2. The van der Waals surface area contributed by atoms with Crippen LogP contribution in [0.3, 0.4) is 0 Å². The van der Waals surface area contributed by atoms with Crippen molar-refractivity contribution in [3.63, 3.8) is 0 Å². The highest BCUT2D eigenvalue weighted by Gasteiger charge is 2.12. The number of carboxylic acids is 1. The van der Waals surface area contributed by atoms with Crippen LogP contribution < -0.4 is 10.1 Å². The second-order valence-corrected chi connectivity index (χ2v) is 4.08. The van der Waals surface area contributed by atoms with Gasteiger partial charge in [0.2, 0.25) is 0 Å². The summed E-state index contributed by atoms with van der Waals surface area (Å²) >= 11 is 0. The molecule has 0 bridgehead atoms. The Hall–Kier alpha value is -2.70. The molecule has 21 heavy (non-hydrogen) atoms. The number of anilines is 1. The van der Waals surface area contributed by atoms with Crippen LogP contribution in [0.1, 0.15) is 10.4 Å². The third-order valence-electron chi connectivity index (χ3n) is 2.56. The van der Waals surface area contributed by atoms with Crippen LogP contribution in [0.15, 0.2) is 36.5 Å². The molecule has 110 valence electrons.